The molecule has 11 heteroatoms. The number of rotatable bonds is 6. The van der Waals surface area contributed by atoms with Gasteiger partial charge in [-0.15, -0.1) is 0 Å². The molecule has 0 unspecified atom stereocenters. The minimum Gasteiger partial charge on any atom is -0.461 e. The van der Waals surface area contributed by atoms with Crippen molar-refractivity contribution in [1.29, 1.82) is 0 Å². The fraction of sp³-hybridized carbons (Fsp3) is 0.212. The molecule has 1 saturated heterocycles. The van der Waals surface area contributed by atoms with Crippen LogP contribution in [0.25, 0.3) is 33.6 Å². The topological polar surface area (TPSA) is 113 Å². The van der Waals surface area contributed by atoms with Gasteiger partial charge in [0.2, 0.25) is 0 Å². The molecule has 1 aliphatic heterocycles. The molecule has 1 aliphatic rings. The number of benzene rings is 3. The minimum absolute atomic E-state index is 0.0727. The molecule has 0 radical (unpaired) electrons. The minimum atomic E-state index is -0.718. The predicted octanol–water partition coefficient (Wildman–Crippen LogP) is 6.19. The van der Waals surface area contributed by atoms with Crippen LogP contribution in [0.15, 0.2) is 77.2 Å². The van der Waals surface area contributed by atoms with Gasteiger partial charge in [-0.25, -0.2) is 19.2 Å². The molecule has 3 aromatic carbocycles. The van der Waals surface area contributed by atoms with Crippen molar-refractivity contribution in [3.63, 3.8) is 0 Å². The van der Waals surface area contributed by atoms with Gasteiger partial charge < -0.3 is 29.6 Å². The van der Waals surface area contributed by atoms with Crippen LogP contribution in [0.3, 0.4) is 0 Å². The normalized spacial score (nSPS) is 13.1. The zero-order valence-electron chi connectivity index (χ0n) is 24.6. The number of halogens is 1. The quantitative estimate of drug-likeness (QED) is 0.241. The summed E-state index contributed by atoms with van der Waals surface area (Å²) in [6.45, 7) is 4.61. The van der Waals surface area contributed by atoms with Crippen molar-refractivity contribution in [2.75, 3.05) is 55.9 Å². The van der Waals surface area contributed by atoms with E-state index in [1.54, 1.807) is 26.2 Å². The first-order valence-corrected chi connectivity index (χ1v) is 14.2. The van der Waals surface area contributed by atoms with E-state index in [4.69, 9.17) is 19.1 Å². The van der Waals surface area contributed by atoms with Crippen LogP contribution in [0, 0.1) is 12.7 Å². The second-order valence-corrected chi connectivity index (χ2v) is 10.7. The Hall–Kier alpha value is -5.29. The van der Waals surface area contributed by atoms with E-state index in [1.165, 1.54) is 17.0 Å². The van der Waals surface area contributed by atoms with E-state index in [0.29, 0.717) is 24.7 Å². The zero-order chi connectivity index (χ0) is 30.8. The Bertz CT molecular complexity index is 1850. The number of nitrogens with zero attached hydrogens (tertiary/aromatic N) is 4. The van der Waals surface area contributed by atoms with Crippen molar-refractivity contribution in [3.8, 4) is 22.7 Å². The van der Waals surface area contributed by atoms with E-state index in [1.807, 2.05) is 49.4 Å². The van der Waals surface area contributed by atoms with Crippen LogP contribution in [-0.2, 0) is 4.74 Å². The maximum absolute atomic E-state index is 14.5. The molecule has 1 fully saturated rings. The summed E-state index contributed by atoms with van der Waals surface area (Å²) in [7, 11) is 3.09. The number of hydrogen-bond acceptors (Lipinski definition) is 7. The first-order valence-electron chi connectivity index (χ1n) is 14.2. The highest BCUT2D eigenvalue weighted by atomic mass is 19.1. The highest BCUT2D eigenvalue weighted by Crippen LogP contribution is 2.32. The summed E-state index contributed by atoms with van der Waals surface area (Å²) >= 11 is 0. The Morgan fingerprint density at radius 3 is 2.25 bits per heavy atom. The summed E-state index contributed by atoms with van der Waals surface area (Å²) in [5.41, 5.74) is 3.15. The van der Waals surface area contributed by atoms with Crippen LogP contribution >= 0.6 is 0 Å². The van der Waals surface area contributed by atoms with E-state index in [9.17, 15) is 14.0 Å². The SMILES string of the molecule is Cc1ccc(-c2ccc3c(N4CCOCC4)nc(-c4ccc(NC(=O)Nc5ccc(C(=O)N(C)C)c(F)c5)cc4)nc3c2)o1. The fourth-order valence-corrected chi connectivity index (χ4v) is 5.00. The molecule has 3 heterocycles. The van der Waals surface area contributed by atoms with Crippen LogP contribution in [0.2, 0.25) is 0 Å². The van der Waals surface area contributed by atoms with E-state index >= 15 is 0 Å². The highest BCUT2D eigenvalue weighted by molar-refractivity contribution is 6.01. The third kappa shape index (κ3) is 6.09. The molecule has 0 spiro atoms. The number of urea groups is 1. The van der Waals surface area contributed by atoms with Gasteiger partial charge in [-0.1, -0.05) is 6.07 Å². The Labute approximate surface area is 253 Å². The zero-order valence-corrected chi connectivity index (χ0v) is 24.6. The number of fused-ring (bicyclic) bond motifs is 1. The van der Waals surface area contributed by atoms with Gasteiger partial charge in [-0.05, 0) is 73.7 Å². The summed E-state index contributed by atoms with van der Waals surface area (Å²) in [6.07, 6.45) is 0. The van der Waals surface area contributed by atoms with Crippen molar-refractivity contribution in [1.82, 2.24) is 14.9 Å². The second-order valence-electron chi connectivity index (χ2n) is 10.7. The summed E-state index contributed by atoms with van der Waals surface area (Å²) in [6, 6.07) is 20.5. The van der Waals surface area contributed by atoms with Gasteiger partial charge in [-0.2, -0.15) is 0 Å². The molecular weight excluding hydrogens is 563 g/mol. The molecule has 0 atom stereocenters. The van der Waals surface area contributed by atoms with E-state index in [2.05, 4.69) is 15.5 Å². The van der Waals surface area contributed by atoms with Crippen LogP contribution < -0.4 is 15.5 Å². The number of furan rings is 1. The molecule has 2 N–H and O–H groups in total. The Kier molecular flexibility index (Phi) is 7.95. The lowest BCUT2D eigenvalue weighted by molar-refractivity contribution is 0.0823. The third-order valence-electron chi connectivity index (χ3n) is 7.28. The number of anilines is 3. The van der Waals surface area contributed by atoms with Gasteiger partial charge in [0.25, 0.3) is 5.91 Å². The smallest absolute Gasteiger partial charge is 0.323 e. The van der Waals surface area contributed by atoms with Crippen molar-refractivity contribution >= 4 is 40.0 Å². The summed E-state index contributed by atoms with van der Waals surface area (Å²) in [5.74, 6) is 1.81. The van der Waals surface area contributed by atoms with Gasteiger partial charge in [0, 0.05) is 55.1 Å². The number of hydrogen-bond donors (Lipinski definition) is 2. The number of morpholine rings is 1. The largest absolute Gasteiger partial charge is 0.461 e. The average molecular weight is 595 g/mol. The van der Waals surface area contributed by atoms with Gasteiger partial charge in [0.15, 0.2) is 5.82 Å². The number of carbonyl (C=O) groups is 2. The van der Waals surface area contributed by atoms with Gasteiger partial charge in [-0.3, -0.25) is 4.79 Å². The Morgan fingerprint density at radius 1 is 0.864 bits per heavy atom. The van der Waals surface area contributed by atoms with E-state index < -0.39 is 17.8 Å². The molecule has 224 valence electrons. The number of ether oxygens (including phenoxy) is 1. The molecule has 3 amide bonds. The Balaban J connectivity index is 1.24. The number of aryl methyl sites for hydroxylation is 1. The lowest BCUT2D eigenvalue weighted by Gasteiger charge is -2.29. The average Bonchev–Trinajstić information content (AvgIpc) is 3.47. The van der Waals surface area contributed by atoms with Crippen molar-refractivity contribution in [2.45, 2.75) is 6.92 Å². The van der Waals surface area contributed by atoms with E-state index in [0.717, 1.165) is 58.5 Å². The molecule has 10 nitrogen and oxygen atoms in total. The fourth-order valence-electron chi connectivity index (χ4n) is 5.00. The molecule has 0 bridgehead atoms. The molecule has 0 aliphatic carbocycles. The van der Waals surface area contributed by atoms with Gasteiger partial charge >= 0.3 is 6.03 Å². The summed E-state index contributed by atoms with van der Waals surface area (Å²) < 4.78 is 25.9. The monoisotopic (exact) mass is 594 g/mol. The van der Waals surface area contributed by atoms with Crippen LogP contribution in [-0.4, -0.2) is 67.2 Å². The lowest BCUT2D eigenvalue weighted by atomic mass is 10.1. The molecule has 2 aromatic heterocycles. The molecule has 44 heavy (non-hydrogen) atoms. The molecule has 5 aromatic rings. The van der Waals surface area contributed by atoms with Gasteiger partial charge in [0.05, 0.1) is 24.3 Å². The standard InChI is InChI=1S/C33H31FN6O4/c1-20-4-13-29(44-20)22-7-11-26-28(18-22)37-30(38-31(26)40-14-16-43-17-15-40)21-5-8-23(9-6-21)35-33(42)36-24-10-12-25(27(34)19-24)32(41)39(2)3/h4-13,18-19H,14-17H2,1-3H3,(H2,35,36,42). The number of nitrogens with one attached hydrogen (secondary N) is 2. The molecular formula is C33H31FN6O4. The maximum atomic E-state index is 14.5. The third-order valence-corrected chi connectivity index (χ3v) is 7.28. The maximum Gasteiger partial charge on any atom is 0.323 e. The van der Waals surface area contributed by atoms with E-state index in [-0.39, 0.29) is 11.3 Å². The molecule has 0 saturated carbocycles. The second kappa shape index (κ2) is 12.1. The van der Waals surface area contributed by atoms with Crippen molar-refractivity contribution in [3.05, 3.63) is 89.9 Å². The number of aromatic nitrogens is 2. The Morgan fingerprint density at radius 2 is 1.57 bits per heavy atom. The summed E-state index contributed by atoms with van der Waals surface area (Å²) in [5, 5.41) is 6.28. The van der Waals surface area contributed by atoms with Crippen LogP contribution in [0.5, 0.6) is 0 Å². The first-order chi connectivity index (χ1) is 21.2. The number of carbonyl (C=O) groups excluding carboxylic acids is 2. The van der Waals surface area contributed by atoms with Crippen LogP contribution in [0.4, 0.5) is 26.4 Å². The first kappa shape index (κ1) is 28.8. The molecule has 6 rings (SSSR count). The van der Waals surface area contributed by atoms with Crippen molar-refractivity contribution in [2.24, 2.45) is 0 Å². The number of amides is 3. The van der Waals surface area contributed by atoms with Crippen LogP contribution in [0.1, 0.15) is 16.1 Å². The lowest BCUT2D eigenvalue weighted by Crippen LogP contribution is -2.37. The highest BCUT2D eigenvalue weighted by Gasteiger charge is 2.19. The summed E-state index contributed by atoms with van der Waals surface area (Å²) in [4.78, 5) is 38.1. The predicted molar refractivity (Wildman–Crippen MR) is 168 cm³/mol. The van der Waals surface area contributed by atoms with Crippen molar-refractivity contribution < 1.29 is 23.1 Å². The van der Waals surface area contributed by atoms with Gasteiger partial charge in [0.1, 0.15) is 23.2 Å².